The van der Waals surface area contributed by atoms with Crippen molar-refractivity contribution in [2.75, 3.05) is 52.9 Å². The van der Waals surface area contributed by atoms with Gasteiger partial charge in [0, 0.05) is 64.3 Å². The zero-order valence-electron chi connectivity index (χ0n) is 23.8. The maximum Gasteiger partial charge on any atom is 0.257 e. The summed E-state index contributed by atoms with van der Waals surface area (Å²) < 4.78 is 22.6. The number of anilines is 1. The third kappa shape index (κ3) is 7.26. The van der Waals surface area contributed by atoms with E-state index >= 15 is 0 Å². The smallest absolute Gasteiger partial charge is 0.257 e. The van der Waals surface area contributed by atoms with Crippen LogP contribution in [0, 0.1) is 5.92 Å². The van der Waals surface area contributed by atoms with Crippen LogP contribution >= 0.6 is 0 Å². The minimum absolute atomic E-state index is 0.0157. The van der Waals surface area contributed by atoms with Crippen molar-refractivity contribution >= 4 is 17.5 Å². The molecule has 40 heavy (non-hydrogen) atoms. The van der Waals surface area contributed by atoms with Crippen molar-refractivity contribution in [3.05, 3.63) is 65.9 Å². The van der Waals surface area contributed by atoms with Crippen LogP contribution in [-0.2, 0) is 20.8 Å². The van der Waals surface area contributed by atoms with Crippen LogP contribution in [0.5, 0.6) is 5.75 Å². The van der Waals surface area contributed by atoms with Gasteiger partial charge >= 0.3 is 0 Å². The largest absolute Gasteiger partial charge is 0.491 e. The number of methoxy groups -OCH3 is 2. The van der Waals surface area contributed by atoms with Gasteiger partial charge in [-0.1, -0.05) is 42.4 Å². The van der Waals surface area contributed by atoms with E-state index in [0.717, 1.165) is 17.0 Å². The number of amides is 2. The topological polar surface area (TPSA) is 106 Å². The second-order valence-corrected chi connectivity index (χ2v) is 10.3. The number of benzene rings is 2. The molecule has 2 aromatic carbocycles. The van der Waals surface area contributed by atoms with Gasteiger partial charge in [0.25, 0.3) is 5.91 Å². The predicted octanol–water partition coefficient (Wildman–Crippen LogP) is 3.93. The second-order valence-electron chi connectivity index (χ2n) is 10.3. The van der Waals surface area contributed by atoms with E-state index in [1.165, 1.54) is 7.11 Å². The molecule has 214 valence electrons. The Hall–Kier alpha value is -3.73. The highest BCUT2D eigenvalue weighted by Gasteiger charge is 2.29. The fourth-order valence-corrected chi connectivity index (χ4v) is 4.81. The molecule has 1 aliphatic heterocycles. The first-order valence-corrected chi connectivity index (χ1v) is 13.4. The molecule has 0 fully saturated rings. The van der Waals surface area contributed by atoms with Gasteiger partial charge in [0.15, 0.2) is 5.76 Å². The Labute approximate surface area is 235 Å². The molecular formula is C30H38N4O6. The van der Waals surface area contributed by atoms with Crippen LogP contribution in [0.15, 0.2) is 59.1 Å². The molecular weight excluding hydrogens is 512 g/mol. The fraction of sp³-hybridized carbons (Fsp3) is 0.433. The Morgan fingerprint density at radius 1 is 1.10 bits per heavy atom. The molecule has 10 nitrogen and oxygen atoms in total. The van der Waals surface area contributed by atoms with Gasteiger partial charge in [0.2, 0.25) is 5.91 Å². The van der Waals surface area contributed by atoms with E-state index in [-0.39, 0.29) is 36.5 Å². The summed E-state index contributed by atoms with van der Waals surface area (Å²) in [4.78, 5) is 29.5. The molecule has 0 radical (unpaired) electrons. The predicted molar refractivity (Wildman–Crippen MR) is 151 cm³/mol. The highest BCUT2D eigenvalue weighted by atomic mass is 16.5. The molecule has 1 aromatic heterocycles. The average molecular weight is 551 g/mol. The summed E-state index contributed by atoms with van der Waals surface area (Å²) in [7, 11) is 4.87. The van der Waals surface area contributed by atoms with E-state index in [2.05, 4.69) is 29.2 Å². The Morgan fingerprint density at radius 3 is 2.60 bits per heavy atom. The van der Waals surface area contributed by atoms with Crippen LogP contribution in [-0.4, -0.2) is 86.5 Å². The molecule has 0 aliphatic carbocycles. The maximum absolute atomic E-state index is 13.5. The fourth-order valence-electron chi connectivity index (χ4n) is 4.81. The van der Waals surface area contributed by atoms with Crippen molar-refractivity contribution < 1.29 is 28.3 Å². The summed E-state index contributed by atoms with van der Waals surface area (Å²) in [5, 5.41) is 7.09. The lowest BCUT2D eigenvalue weighted by atomic mass is 10.0. The summed E-state index contributed by atoms with van der Waals surface area (Å²) in [6.45, 7) is 6.12. The molecule has 10 heteroatoms. The quantitative estimate of drug-likeness (QED) is 0.472. The Balaban J connectivity index is 1.60. The first kappa shape index (κ1) is 29.3. The van der Waals surface area contributed by atoms with Crippen molar-refractivity contribution in [3.8, 4) is 17.1 Å². The number of carbonyl (C=O) groups excluding carboxylic acids is 2. The zero-order valence-corrected chi connectivity index (χ0v) is 23.8. The minimum atomic E-state index is -0.307. The third-order valence-corrected chi connectivity index (χ3v) is 7.12. The van der Waals surface area contributed by atoms with Crippen molar-refractivity contribution in [2.45, 2.75) is 32.5 Å². The number of likely N-dealkylation sites (N-methyl/N-ethyl adjacent to an activating group) is 1. The second kappa shape index (κ2) is 13.6. The molecule has 1 N–H and O–H groups in total. The summed E-state index contributed by atoms with van der Waals surface area (Å²) in [5.74, 6) is 0.746. The van der Waals surface area contributed by atoms with Crippen molar-refractivity contribution in [2.24, 2.45) is 5.92 Å². The van der Waals surface area contributed by atoms with E-state index in [9.17, 15) is 9.59 Å². The first-order chi connectivity index (χ1) is 19.3. The molecule has 1 aliphatic rings. The number of hydrogen-bond acceptors (Lipinski definition) is 8. The van der Waals surface area contributed by atoms with Gasteiger partial charge in [-0.25, -0.2) is 0 Å². The number of nitrogens with one attached hydrogen (secondary N) is 1. The van der Waals surface area contributed by atoms with Crippen molar-refractivity contribution in [3.63, 3.8) is 0 Å². The molecule has 0 spiro atoms. The molecule has 4 rings (SSSR count). The van der Waals surface area contributed by atoms with Gasteiger partial charge in [0.1, 0.15) is 19.0 Å². The van der Waals surface area contributed by atoms with E-state index < -0.39 is 0 Å². The van der Waals surface area contributed by atoms with Crippen LogP contribution in [0.2, 0.25) is 0 Å². The molecule has 0 bridgehead atoms. The van der Waals surface area contributed by atoms with Crippen molar-refractivity contribution in [1.82, 2.24) is 15.0 Å². The van der Waals surface area contributed by atoms with Crippen LogP contribution in [0.3, 0.4) is 0 Å². The Kier molecular flexibility index (Phi) is 9.92. The lowest BCUT2D eigenvalue weighted by Gasteiger charge is -2.35. The molecule has 0 unspecified atom stereocenters. The number of nitrogens with zero attached hydrogens (tertiary/aromatic N) is 3. The lowest BCUT2D eigenvalue weighted by Crippen LogP contribution is -2.46. The van der Waals surface area contributed by atoms with Crippen LogP contribution < -0.4 is 10.1 Å². The van der Waals surface area contributed by atoms with Crippen molar-refractivity contribution in [1.29, 1.82) is 0 Å². The summed E-state index contributed by atoms with van der Waals surface area (Å²) in [6.07, 6.45) is -0.200. The van der Waals surface area contributed by atoms with Gasteiger partial charge < -0.3 is 29.0 Å². The Morgan fingerprint density at radius 2 is 1.88 bits per heavy atom. The van der Waals surface area contributed by atoms with E-state index in [1.807, 2.05) is 36.4 Å². The van der Waals surface area contributed by atoms with E-state index in [0.29, 0.717) is 43.2 Å². The van der Waals surface area contributed by atoms with E-state index in [1.54, 1.807) is 37.3 Å². The maximum atomic E-state index is 13.5. The number of rotatable bonds is 7. The molecule has 2 heterocycles. The van der Waals surface area contributed by atoms with E-state index in [4.69, 9.17) is 18.7 Å². The molecule has 3 atom stereocenters. The Bertz CT molecular complexity index is 1280. The molecule has 0 saturated heterocycles. The van der Waals surface area contributed by atoms with Gasteiger partial charge in [-0.05, 0) is 31.0 Å². The van der Waals surface area contributed by atoms with Gasteiger partial charge in [-0.3, -0.25) is 14.5 Å². The highest BCUT2D eigenvalue weighted by molar-refractivity contribution is 5.99. The van der Waals surface area contributed by atoms with Gasteiger partial charge in [-0.15, -0.1) is 0 Å². The average Bonchev–Trinajstić information content (AvgIpc) is 3.42. The number of aromatic nitrogens is 1. The molecule has 0 saturated carbocycles. The highest BCUT2D eigenvalue weighted by Crippen LogP contribution is 2.27. The standard InChI is InChI=1S/C30H38N4O6/c1-20-15-34(16-24-14-27(40-32-24)22-9-7-6-8-10-22)21(2)18-39-26-12-11-23(31-29(35)19-37-4)13-25(26)30(36)33(3)17-28(20)38-5/h6-14,20-21,28H,15-19H2,1-5H3,(H,31,35)/t20-,21-,28-/m1/s1. The number of carbonyl (C=O) groups is 2. The monoisotopic (exact) mass is 550 g/mol. The van der Waals surface area contributed by atoms with Gasteiger partial charge in [-0.2, -0.15) is 0 Å². The lowest BCUT2D eigenvalue weighted by molar-refractivity contribution is -0.119. The number of hydrogen-bond donors (Lipinski definition) is 1. The minimum Gasteiger partial charge on any atom is -0.491 e. The normalized spacial score (nSPS) is 20.7. The third-order valence-electron chi connectivity index (χ3n) is 7.12. The van der Waals surface area contributed by atoms with Crippen LogP contribution in [0.25, 0.3) is 11.3 Å². The van der Waals surface area contributed by atoms with Crippen LogP contribution in [0.4, 0.5) is 5.69 Å². The first-order valence-electron chi connectivity index (χ1n) is 13.4. The molecule has 3 aromatic rings. The number of fused-ring (bicyclic) bond motifs is 1. The zero-order chi connectivity index (χ0) is 28.6. The number of ether oxygens (including phenoxy) is 3. The molecule has 2 amide bonds. The van der Waals surface area contributed by atoms with Crippen LogP contribution in [0.1, 0.15) is 29.9 Å². The summed E-state index contributed by atoms with van der Waals surface area (Å²) in [5.41, 5.74) is 2.65. The van der Waals surface area contributed by atoms with Gasteiger partial charge in [0.05, 0.1) is 17.4 Å². The SMILES string of the molecule is COCC(=O)Nc1ccc2c(c1)C(=O)N(C)C[C@@H](OC)[C@H](C)CN(Cc1cc(-c3ccccc3)on1)[C@H](C)CO2. The summed E-state index contributed by atoms with van der Waals surface area (Å²) >= 11 is 0. The summed E-state index contributed by atoms with van der Waals surface area (Å²) in [6, 6.07) is 16.9.